The minimum absolute atomic E-state index is 0.120. The van der Waals surface area contributed by atoms with Crippen LogP contribution in [-0.2, 0) is 9.84 Å². The van der Waals surface area contributed by atoms with Gasteiger partial charge in [-0.2, -0.15) is 0 Å². The first-order chi connectivity index (χ1) is 5.91. The molecule has 6 heteroatoms. The molecule has 0 aliphatic carbocycles. The van der Waals surface area contributed by atoms with E-state index in [1.54, 1.807) is 0 Å². The van der Waals surface area contributed by atoms with Gasteiger partial charge >= 0.3 is 0 Å². The second-order valence-electron chi connectivity index (χ2n) is 2.51. The van der Waals surface area contributed by atoms with Crippen LogP contribution in [0, 0.1) is 0 Å². The van der Waals surface area contributed by atoms with Gasteiger partial charge in [0.25, 0.3) is 5.12 Å². The number of nitrogen functional groups attached to an aromatic ring is 1. The van der Waals surface area contributed by atoms with Gasteiger partial charge in [0.1, 0.15) is 11.5 Å². The van der Waals surface area contributed by atoms with E-state index in [0.717, 1.165) is 6.26 Å². The van der Waals surface area contributed by atoms with Crippen LogP contribution in [0.2, 0.25) is 0 Å². The van der Waals surface area contributed by atoms with Crippen molar-refractivity contribution in [1.29, 1.82) is 0 Å². The van der Waals surface area contributed by atoms with Crippen molar-refractivity contribution in [3.05, 3.63) is 23.9 Å². The Morgan fingerprint density at radius 2 is 2.08 bits per heavy atom. The SMILES string of the molecule is CS(=O)(=O)C(=O)c1cccc(N)n1. The average molecular weight is 200 g/mol. The van der Waals surface area contributed by atoms with Gasteiger partial charge in [-0.3, -0.25) is 4.79 Å². The van der Waals surface area contributed by atoms with E-state index in [-0.39, 0.29) is 11.5 Å². The van der Waals surface area contributed by atoms with Gasteiger partial charge in [0.15, 0.2) is 0 Å². The third kappa shape index (κ3) is 2.25. The molecule has 70 valence electrons. The van der Waals surface area contributed by atoms with E-state index in [0.29, 0.717) is 0 Å². The summed E-state index contributed by atoms with van der Waals surface area (Å²) in [6.45, 7) is 0. The molecule has 0 aromatic carbocycles. The number of hydrogen-bond acceptors (Lipinski definition) is 5. The van der Waals surface area contributed by atoms with Gasteiger partial charge < -0.3 is 5.73 Å². The van der Waals surface area contributed by atoms with E-state index in [4.69, 9.17) is 5.73 Å². The topological polar surface area (TPSA) is 90.1 Å². The zero-order valence-corrected chi connectivity index (χ0v) is 7.71. The molecule has 1 heterocycles. The van der Waals surface area contributed by atoms with E-state index in [1.165, 1.54) is 18.2 Å². The molecule has 0 radical (unpaired) electrons. The number of anilines is 1. The van der Waals surface area contributed by atoms with Gasteiger partial charge in [0.05, 0.1) is 0 Å². The van der Waals surface area contributed by atoms with Gasteiger partial charge in [0, 0.05) is 6.26 Å². The molecule has 0 spiro atoms. The largest absolute Gasteiger partial charge is 0.384 e. The molecule has 0 atom stereocenters. The highest BCUT2D eigenvalue weighted by Gasteiger charge is 2.19. The third-order valence-electron chi connectivity index (χ3n) is 1.32. The van der Waals surface area contributed by atoms with Gasteiger partial charge in [-0.15, -0.1) is 0 Å². The Balaban J connectivity index is 3.18. The van der Waals surface area contributed by atoms with Gasteiger partial charge in [-0.1, -0.05) is 6.07 Å². The van der Waals surface area contributed by atoms with Gasteiger partial charge in [-0.25, -0.2) is 13.4 Å². The molecule has 2 N–H and O–H groups in total. The quantitative estimate of drug-likeness (QED) is 0.680. The molecule has 5 nitrogen and oxygen atoms in total. The number of nitrogens with zero attached hydrogens (tertiary/aromatic N) is 1. The van der Waals surface area contributed by atoms with Crippen molar-refractivity contribution in [3.8, 4) is 0 Å². The minimum Gasteiger partial charge on any atom is -0.384 e. The smallest absolute Gasteiger partial charge is 0.294 e. The van der Waals surface area contributed by atoms with Crippen LogP contribution in [0.3, 0.4) is 0 Å². The fourth-order valence-electron chi connectivity index (χ4n) is 0.755. The summed E-state index contributed by atoms with van der Waals surface area (Å²) in [5.74, 6) is 0.120. The summed E-state index contributed by atoms with van der Waals surface area (Å²) in [4.78, 5) is 14.7. The number of carbonyl (C=O) groups excluding carboxylic acids is 1. The van der Waals surface area contributed by atoms with E-state index in [1.807, 2.05) is 0 Å². The zero-order chi connectivity index (χ0) is 10.1. The Kier molecular flexibility index (Phi) is 2.33. The van der Waals surface area contributed by atoms with Crippen molar-refractivity contribution in [1.82, 2.24) is 4.98 Å². The third-order valence-corrected chi connectivity index (χ3v) is 2.20. The standard InChI is InChI=1S/C7H8N2O3S/c1-13(11,12)7(10)5-3-2-4-6(8)9-5/h2-4H,1H3,(H2,8,9). The Hall–Kier alpha value is -1.43. The maximum absolute atomic E-state index is 11.1. The maximum atomic E-state index is 11.1. The lowest BCUT2D eigenvalue weighted by Gasteiger charge is -1.97. The molecular formula is C7H8N2O3S. The lowest BCUT2D eigenvalue weighted by Crippen LogP contribution is -2.14. The first kappa shape index (κ1) is 9.66. The highest BCUT2D eigenvalue weighted by Crippen LogP contribution is 2.04. The lowest BCUT2D eigenvalue weighted by atomic mass is 10.4. The second kappa shape index (κ2) is 3.14. The number of nitrogens with two attached hydrogens (primary N) is 1. The van der Waals surface area contributed by atoms with Gasteiger partial charge in [-0.05, 0) is 12.1 Å². The summed E-state index contributed by atoms with van der Waals surface area (Å²) in [6, 6.07) is 4.25. The number of sulfone groups is 1. The molecule has 0 bridgehead atoms. The fourth-order valence-corrected chi connectivity index (χ4v) is 1.25. The Bertz CT molecular complexity index is 439. The van der Waals surface area contributed by atoms with Crippen molar-refractivity contribution < 1.29 is 13.2 Å². The number of hydrogen-bond donors (Lipinski definition) is 1. The van der Waals surface area contributed by atoms with Gasteiger partial charge in [0.2, 0.25) is 9.84 Å². The molecule has 0 aliphatic rings. The molecule has 1 aromatic rings. The molecule has 0 fully saturated rings. The summed E-state index contributed by atoms with van der Waals surface area (Å²) in [5, 5.41) is -1.01. The van der Waals surface area contributed by atoms with Crippen LogP contribution in [-0.4, -0.2) is 24.8 Å². The first-order valence-electron chi connectivity index (χ1n) is 3.38. The number of rotatable bonds is 1. The fraction of sp³-hybridized carbons (Fsp3) is 0.143. The number of carbonyl (C=O) groups is 1. The highest BCUT2D eigenvalue weighted by molar-refractivity contribution is 8.06. The Morgan fingerprint density at radius 3 is 2.54 bits per heavy atom. The summed E-state index contributed by atoms with van der Waals surface area (Å²) < 4.78 is 21.6. The summed E-state index contributed by atoms with van der Waals surface area (Å²) in [5.41, 5.74) is 5.13. The Morgan fingerprint density at radius 1 is 1.46 bits per heavy atom. The molecule has 0 unspecified atom stereocenters. The van der Waals surface area contributed by atoms with Crippen molar-refractivity contribution in [3.63, 3.8) is 0 Å². The molecule has 1 aromatic heterocycles. The maximum Gasteiger partial charge on any atom is 0.294 e. The van der Waals surface area contributed by atoms with Crippen molar-refractivity contribution in [2.75, 3.05) is 12.0 Å². The van der Waals surface area contributed by atoms with Crippen molar-refractivity contribution in [2.24, 2.45) is 0 Å². The van der Waals surface area contributed by atoms with Crippen LogP contribution < -0.4 is 5.73 Å². The number of aromatic nitrogens is 1. The second-order valence-corrected chi connectivity index (χ2v) is 4.42. The predicted molar refractivity (Wildman–Crippen MR) is 47.8 cm³/mol. The normalized spacial score (nSPS) is 11.2. The van der Waals surface area contributed by atoms with Crippen LogP contribution in [0.15, 0.2) is 18.2 Å². The lowest BCUT2D eigenvalue weighted by molar-refractivity contribution is 0.107. The molecule has 0 saturated heterocycles. The molecule has 0 aliphatic heterocycles. The minimum atomic E-state index is -3.73. The highest BCUT2D eigenvalue weighted by atomic mass is 32.2. The van der Waals surface area contributed by atoms with Crippen molar-refractivity contribution in [2.45, 2.75) is 0 Å². The van der Waals surface area contributed by atoms with Crippen LogP contribution in [0.25, 0.3) is 0 Å². The molecule has 0 amide bonds. The van der Waals surface area contributed by atoms with Crippen LogP contribution in [0.4, 0.5) is 5.82 Å². The summed E-state index contributed by atoms with van der Waals surface area (Å²) in [7, 11) is -3.73. The van der Waals surface area contributed by atoms with Crippen LogP contribution in [0.1, 0.15) is 10.5 Å². The van der Waals surface area contributed by atoms with E-state index >= 15 is 0 Å². The molecule has 13 heavy (non-hydrogen) atoms. The Labute approximate surface area is 75.5 Å². The van der Waals surface area contributed by atoms with E-state index in [9.17, 15) is 13.2 Å². The van der Waals surface area contributed by atoms with E-state index < -0.39 is 15.0 Å². The van der Waals surface area contributed by atoms with E-state index in [2.05, 4.69) is 4.98 Å². The predicted octanol–water partition coefficient (Wildman–Crippen LogP) is -0.151. The monoisotopic (exact) mass is 200 g/mol. The number of pyridine rings is 1. The molecule has 1 rings (SSSR count). The first-order valence-corrected chi connectivity index (χ1v) is 5.27. The molecule has 0 saturated carbocycles. The van der Waals surface area contributed by atoms with Crippen LogP contribution in [0.5, 0.6) is 0 Å². The molecular weight excluding hydrogens is 192 g/mol. The van der Waals surface area contributed by atoms with Crippen LogP contribution >= 0.6 is 0 Å². The zero-order valence-electron chi connectivity index (χ0n) is 6.89. The summed E-state index contributed by atoms with van der Waals surface area (Å²) in [6.07, 6.45) is 0.834. The summed E-state index contributed by atoms with van der Waals surface area (Å²) >= 11 is 0. The van der Waals surface area contributed by atoms with Crippen molar-refractivity contribution >= 4 is 20.8 Å². The average Bonchev–Trinajstić information content (AvgIpc) is 2.01.